The highest BCUT2D eigenvalue weighted by atomic mass is 32.1. The number of aromatic nitrogens is 1. The number of unbranched alkanes of at least 4 members (excludes halogenated alkanes) is 1. The van der Waals surface area contributed by atoms with Crippen molar-refractivity contribution in [2.45, 2.75) is 32.7 Å². The van der Waals surface area contributed by atoms with Crippen molar-refractivity contribution in [3.8, 4) is 23.8 Å². The molecule has 2 heterocycles. The lowest BCUT2D eigenvalue weighted by molar-refractivity contribution is 0.0996. The molecule has 3 aromatic rings. The number of benzene rings is 2. The molecular formula is C23H22N2O3S. The summed E-state index contributed by atoms with van der Waals surface area (Å²) < 4.78 is 14.1. The van der Waals surface area contributed by atoms with E-state index < -0.39 is 0 Å². The molecule has 2 aromatic carbocycles. The third-order valence-corrected chi connectivity index (χ3v) is 5.84. The summed E-state index contributed by atoms with van der Waals surface area (Å²) in [5, 5.41) is 0. The van der Waals surface area contributed by atoms with Crippen molar-refractivity contribution < 1.29 is 14.3 Å². The van der Waals surface area contributed by atoms with Gasteiger partial charge in [-0.15, -0.1) is 6.42 Å². The maximum absolute atomic E-state index is 12.8. The topological polar surface area (TPSA) is 52.8 Å². The summed E-state index contributed by atoms with van der Waals surface area (Å²) in [6.45, 7) is 3.53. The van der Waals surface area contributed by atoms with Crippen molar-refractivity contribution >= 4 is 27.5 Å². The van der Waals surface area contributed by atoms with E-state index in [1.54, 1.807) is 18.2 Å². The normalized spacial score (nSPS) is 13.4. The molecular weight excluding hydrogens is 384 g/mol. The Balaban J connectivity index is 1.73. The predicted molar refractivity (Wildman–Crippen MR) is 115 cm³/mol. The number of carbonyl (C=O) groups excluding carboxylic acids is 1. The molecule has 0 bridgehead atoms. The van der Waals surface area contributed by atoms with Gasteiger partial charge in [0.15, 0.2) is 16.3 Å². The summed E-state index contributed by atoms with van der Waals surface area (Å²) >= 11 is 1.49. The van der Waals surface area contributed by atoms with Crippen LogP contribution in [0.3, 0.4) is 0 Å². The van der Waals surface area contributed by atoms with E-state index in [-0.39, 0.29) is 5.91 Å². The van der Waals surface area contributed by atoms with Crippen molar-refractivity contribution in [2.24, 2.45) is 4.99 Å². The van der Waals surface area contributed by atoms with Gasteiger partial charge in [-0.2, -0.15) is 4.99 Å². The minimum absolute atomic E-state index is 0.328. The molecule has 6 heteroatoms. The standard InChI is InChI=1S/C23H22N2O3S/c1-3-5-6-16-7-9-18-21(14-16)29-23(25(18)11-4-2)24-22(26)17-8-10-19-20(15-17)28-13-12-27-19/h2,7-10,14-15H,3,5-6,11-13H2,1H3. The highest BCUT2D eigenvalue weighted by Gasteiger charge is 2.15. The maximum Gasteiger partial charge on any atom is 0.279 e. The van der Waals surface area contributed by atoms with Crippen LogP contribution < -0.4 is 14.3 Å². The summed E-state index contributed by atoms with van der Waals surface area (Å²) in [7, 11) is 0. The van der Waals surface area contributed by atoms with Crippen molar-refractivity contribution in [1.29, 1.82) is 0 Å². The Bertz CT molecular complexity index is 1170. The second-order valence-corrected chi connectivity index (χ2v) is 7.87. The van der Waals surface area contributed by atoms with Gasteiger partial charge in [0.25, 0.3) is 5.91 Å². The van der Waals surface area contributed by atoms with Crippen LogP contribution >= 0.6 is 11.3 Å². The molecule has 4 rings (SSSR count). The monoisotopic (exact) mass is 406 g/mol. The van der Waals surface area contributed by atoms with Crippen LogP contribution in [0, 0.1) is 12.3 Å². The van der Waals surface area contributed by atoms with Gasteiger partial charge in [-0.25, -0.2) is 0 Å². The van der Waals surface area contributed by atoms with Gasteiger partial charge in [-0.05, 0) is 48.7 Å². The van der Waals surface area contributed by atoms with Gasteiger partial charge in [-0.3, -0.25) is 4.79 Å². The molecule has 0 saturated heterocycles. The lowest BCUT2D eigenvalue weighted by atomic mass is 10.1. The van der Waals surface area contributed by atoms with E-state index >= 15 is 0 Å². The van der Waals surface area contributed by atoms with Gasteiger partial charge < -0.3 is 14.0 Å². The SMILES string of the molecule is C#CCn1c(=NC(=O)c2ccc3c(c2)OCCO3)sc2cc(CCCC)ccc21. The first-order chi connectivity index (χ1) is 14.2. The molecule has 0 aliphatic carbocycles. The first-order valence-corrected chi connectivity index (χ1v) is 10.6. The smallest absolute Gasteiger partial charge is 0.279 e. The van der Waals surface area contributed by atoms with E-state index in [0.29, 0.717) is 41.6 Å². The third-order valence-electron chi connectivity index (χ3n) is 4.80. The van der Waals surface area contributed by atoms with Crippen LogP contribution in [0.2, 0.25) is 0 Å². The number of carbonyl (C=O) groups is 1. The number of thiazole rings is 1. The molecule has 0 unspecified atom stereocenters. The Hall–Kier alpha value is -3.04. The lowest BCUT2D eigenvalue weighted by Gasteiger charge is -2.18. The minimum atomic E-state index is -0.328. The zero-order valence-corrected chi connectivity index (χ0v) is 17.1. The minimum Gasteiger partial charge on any atom is -0.486 e. The Morgan fingerprint density at radius 3 is 2.83 bits per heavy atom. The van der Waals surface area contributed by atoms with Gasteiger partial charge in [0, 0.05) is 5.56 Å². The molecule has 0 spiro atoms. The molecule has 0 radical (unpaired) electrons. The average Bonchev–Trinajstić information content (AvgIpc) is 3.08. The van der Waals surface area contributed by atoms with E-state index in [0.717, 1.165) is 29.5 Å². The Morgan fingerprint density at radius 1 is 1.21 bits per heavy atom. The van der Waals surface area contributed by atoms with Gasteiger partial charge in [0.2, 0.25) is 0 Å². The first kappa shape index (κ1) is 19.3. The third kappa shape index (κ3) is 4.06. The van der Waals surface area contributed by atoms with Crippen LogP contribution in [0.1, 0.15) is 35.7 Å². The molecule has 0 atom stereocenters. The molecule has 148 valence electrons. The molecule has 5 nitrogen and oxygen atoms in total. The first-order valence-electron chi connectivity index (χ1n) is 9.74. The van der Waals surface area contributed by atoms with Gasteiger partial charge in [0.05, 0.1) is 16.8 Å². The zero-order chi connectivity index (χ0) is 20.2. The van der Waals surface area contributed by atoms with Crippen molar-refractivity contribution in [3.63, 3.8) is 0 Å². The number of terminal acetylenes is 1. The molecule has 0 N–H and O–H groups in total. The number of aryl methyl sites for hydroxylation is 1. The van der Waals surface area contributed by atoms with E-state index in [4.69, 9.17) is 15.9 Å². The fraction of sp³-hybridized carbons (Fsp3) is 0.304. The highest BCUT2D eigenvalue weighted by molar-refractivity contribution is 7.16. The fourth-order valence-electron chi connectivity index (χ4n) is 3.31. The van der Waals surface area contributed by atoms with Gasteiger partial charge in [0.1, 0.15) is 13.2 Å². The van der Waals surface area contributed by atoms with Crippen LogP contribution in [0.15, 0.2) is 41.4 Å². The van der Waals surface area contributed by atoms with Gasteiger partial charge >= 0.3 is 0 Å². The van der Waals surface area contributed by atoms with E-state index in [2.05, 4.69) is 36.0 Å². The largest absolute Gasteiger partial charge is 0.486 e. The molecule has 0 saturated carbocycles. The van der Waals surface area contributed by atoms with Crippen LogP contribution in [0.5, 0.6) is 11.5 Å². The summed E-state index contributed by atoms with van der Waals surface area (Å²) in [6.07, 6.45) is 8.92. The summed E-state index contributed by atoms with van der Waals surface area (Å²) in [4.78, 5) is 17.8. The van der Waals surface area contributed by atoms with Gasteiger partial charge in [-0.1, -0.05) is 36.7 Å². The number of hydrogen-bond donors (Lipinski definition) is 0. The molecule has 1 aromatic heterocycles. The Kier molecular flexibility index (Phi) is 5.68. The molecule has 1 amide bonds. The number of ether oxygens (including phenoxy) is 2. The number of amides is 1. The molecule has 1 aliphatic rings. The van der Waals surface area contributed by atoms with Crippen LogP contribution in [0.25, 0.3) is 10.2 Å². The van der Waals surface area contributed by atoms with Crippen LogP contribution in [0.4, 0.5) is 0 Å². The van der Waals surface area contributed by atoms with E-state index in [9.17, 15) is 4.79 Å². The predicted octanol–water partition coefficient (Wildman–Crippen LogP) is 4.19. The summed E-state index contributed by atoms with van der Waals surface area (Å²) in [5.74, 6) is 3.56. The molecule has 1 aliphatic heterocycles. The van der Waals surface area contributed by atoms with E-state index in [1.807, 2.05) is 4.57 Å². The number of fused-ring (bicyclic) bond motifs is 2. The number of nitrogens with zero attached hydrogens (tertiary/aromatic N) is 2. The molecule has 29 heavy (non-hydrogen) atoms. The fourth-order valence-corrected chi connectivity index (χ4v) is 4.40. The maximum atomic E-state index is 12.8. The summed E-state index contributed by atoms with van der Waals surface area (Å²) in [6, 6.07) is 11.5. The summed E-state index contributed by atoms with van der Waals surface area (Å²) in [5.41, 5.74) is 2.75. The average molecular weight is 407 g/mol. The van der Waals surface area contributed by atoms with Crippen molar-refractivity contribution in [2.75, 3.05) is 13.2 Å². The van der Waals surface area contributed by atoms with Crippen molar-refractivity contribution in [3.05, 3.63) is 52.3 Å². The Morgan fingerprint density at radius 2 is 2.03 bits per heavy atom. The van der Waals surface area contributed by atoms with Crippen LogP contribution in [-0.2, 0) is 13.0 Å². The van der Waals surface area contributed by atoms with Crippen LogP contribution in [-0.4, -0.2) is 23.7 Å². The van der Waals surface area contributed by atoms with E-state index in [1.165, 1.54) is 16.9 Å². The highest BCUT2D eigenvalue weighted by Crippen LogP contribution is 2.31. The number of hydrogen-bond acceptors (Lipinski definition) is 4. The number of rotatable bonds is 5. The lowest BCUT2D eigenvalue weighted by Crippen LogP contribution is -2.17. The van der Waals surface area contributed by atoms with Crippen molar-refractivity contribution in [1.82, 2.24) is 4.57 Å². The molecule has 0 fully saturated rings. The quantitative estimate of drug-likeness (QED) is 0.597. The Labute approximate surface area is 173 Å². The second-order valence-electron chi connectivity index (χ2n) is 6.86. The second kappa shape index (κ2) is 8.54. The zero-order valence-electron chi connectivity index (χ0n) is 16.3.